The molecule has 0 saturated carbocycles. The second kappa shape index (κ2) is 8.85. The van der Waals surface area contributed by atoms with Crippen LogP contribution in [0.1, 0.15) is 13.3 Å². The van der Waals surface area contributed by atoms with Crippen LogP contribution in [0.2, 0.25) is 0 Å². The summed E-state index contributed by atoms with van der Waals surface area (Å²) in [6.07, 6.45) is 0.875. The van der Waals surface area contributed by atoms with Gasteiger partial charge in [0.15, 0.2) is 0 Å². The molecule has 0 aromatic heterocycles. The summed E-state index contributed by atoms with van der Waals surface area (Å²) in [5.74, 6) is 0. The Balaban J connectivity index is 0. The van der Waals surface area contributed by atoms with Crippen molar-refractivity contribution in [2.45, 2.75) is 13.3 Å². The fourth-order valence-corrected chi connectivity index (χ4v) is 0. The van der Waals surface area contributed by atoms with Crippen LogP contribution < -0.4 is 0 Å². The van der Waals surface area contributed by atoms with Crippen LogP contribution in [0.25, 0.3) is 0 Å². The first-order valence-corrected chi connectivity index (χ1v) is 1.52. The molecule has 0 bridgehead atoms. The molecule has 0 heterocycles. The van der Waals surface area contributed by atoms with Crippen molar-refractivity contribution in [1.82, 2.24) is 0 Å². The molecule has 1 nitrogen and oxygen atoms in total. The summed E-state index contributed by atoms with van der Waals surface area (Å²) in [4.78, 5) is 0. The van der Waals surface area contributed by atoms with E-state index in [9.17, 15) is 0 Å². The summed E-state index contributed by atoms with van der Waals surface area (Å²) in [5, 5.41) is 7.88. The molecule has 0 radical (unpaired) electrons. The molecule has 0 unspecified atom stereocenters. The summed E-state index contributed by atoms with van der Waals surface area (Å²) in [6.45, 7) is 2.25. The SMILES string of the molecule is CCCO.[Zr+4]. The maximum Gasteiger partial charge on any atom is 4.00 e. The predicted octanol–water partition coefficient (Wildman–Crippen LogP) is 0.386. The van der Waals surface area contributed by atoms with E-state index < -0.39 is 0 Å². The first-order valence-electron chi connectivity index (χ1n) is 1.52. The van der Waals surface area contributed by atoms with Crippen molar-refractivity contribution in [1.29, 1.82) is 0 Å². The van der Waals surface area contributed by atoms with Gasteiger partial charge in [0, 0.05) is 6.61 Å². The molecule has 5 heavy (non-hydrogen) atoms. The third kappa shape index (κ3) is 11.5. The number of hydrogen-bond acceptors (Lipinski definition) is 1. The zero-order valence-corrected chi connectivity index (χ0v) is 5.82. The maximum atomic E-state index is 7.88. The Kier molecular flexibility index (Phi) is 16.4. The average molecular weight is 151 g/mol. The van der Waals surface area contributed by atoms with Crippen LogP contribution in [-0.2, 0) is 26.2 Å². The van der Waals surface area contributed by atoms with Gasteiger partial charge in [-0.1, -0.05) is 6.92 Å². The minimum Gasteiger partial charge on any atom is -0.396 e. The number of rotatable bonds is 1. The Morgan fingerprint density at radius 3 is 1.80 bits per heavy atom. The number of aliphatic hydroxyl groups is 1. The average Bonchev–Trinajstić information content (AvgIpc) is 1.37. The van der Waals surface area contributed by atoms with Crippen LogP contribution in [0.3, 0.4) is 0 Å². The molecule has 0 aromatic rings. The van der Waals surface area contributed by atoms with Crippen molar-refractivity contribution >= 4 is 0 Å². The predicted molar refractivity (Wildman–Crippen MR) is 17.4 cm³/mol. The van der Waals surface area contributed by atoms with Gasteiger partial charge in [-0.25, -0.2) is 0 Å². The van der Waals surface area contributed by atoms with Gasteiger partial charge in [0.1, 0.15) is 0 Å². The Bertz CT molecular complexity index is 8.85. The second-order valence-corrected chi connectivity index (χ2v) is 0.724. The van der Waals surface area contributed by atoms with Crippen LogP contribution in [-0.4, -0.2) is 11.7 Å². The van der Waals surface area contributed by atoms with E-state index >= 15 is 0 Å². The molecule has 0 saturated heterocycles. The molecule has 0 rings (SSSR count). The van der Waals surface area contributed by atoms with Gasteiger partial charge in [0.05, 0.1) is 0 Å². The molecular weight excluding hydrogens is 143 g/mol. The Morgan fingerprint density at radius 2 is 1.80 bits per heavy atom. The first-order chi connectivity index (χ1) is 1.91. The molecule has 26 valence electrons. The smallest absolute Gasteiger partial charge is 0.396 e. The second-order valence-electron chi connectivity index (χ2n) is 0.724. The van der Waals surface area contributed by atoms with Crippen LogP contribution in [0.4, 0.5) is 0 Å². The van der Waals surface area contributed by atoms with Crippen molar-refractivity contribution in [3.05, 3.63) is 0 Å². The van der Waals surface area contributed by atoms with Gasteiger partial charge < -0.3 is 5.11 Å². The minimum atomic E-state index is 0. The third-order valence-electron chi connectivity index (χ3n) is 0.224. The van der Waals surface area contributed by atoms with Gasteiger partial charge in [0.25, 0.3) is 0 Å². The largest absolute Gasteiger partial charge is 4.00 e. The molecule has 0 aliphatic carbocycles. The molecule has 0 amide bonds. The zero-order valence-electron chi connectivity index (χ0n) is 3.36. The zero-order chi connectivity index (χ0) is 3.41. The summed E-state index contributed by atoms with van der Waals surface area (Å²) < 4.78 is 0. The van der Waals surface area contributed by atoms with Gasteiger partial charge in [-0.05, 0) is 6.42 Å². The molecule has 0 aliphatic heterocycles. The van der Waals surface area contributed by atoms with Gasteiger partial charge in [-0.15, -0.1) is 0 Å². The molecule has 0 spiro atoms. The van der Waals surface area contributed by atoms with E-state index in [0.717, 1.165) is 6.42 Å². The van der Waals surface area contributed by atoms with E-state index in [4.69, 9.17) is 5.11 Å². The monoisotopic (exact) mass is 150 g/mol. The standard InChI is InChI=1S/C3H8O.Zr/c1-2-3-4;/h4H,2-3H2,1H3;/q;+4. The Morgan fingerprint density at radius 1 is 1.60 bits per heavy atom. The van der Waals surface area contributed by atoms with Gasteiger partial charge in [0.2, 0.25) is 0 Å². The topological polar surface area (TPSA) is 20.2 Å². The van der Waals surface area contributed by atoms with Crippen molar-refractivity contribution in [3.8, 4) is 0 Å². The van der Waals surface area contributed by atoms with Crippen molar-refractivity contribution in [3.63, 3.8) is 0 Å². The quantitative estimate of drug-likeness (QED) is 0.575. The molecule has 1 N–H and O–H groups in total. The molecule has 0 fully saturated rings. The molecule has 0 aliphatic rings. The van der Waals surface area contributed by atoms with E-state index in [0.29, 0.717) is 6.61 Å². The van der Waals surface area contributed by atoms with Gasteiger partial charge in [-0.3, -0.25) is 0 Å². The fraction of sp³-hybridized carbons (Fsp3) is 1.00. The number of aliphatic hydroxyl groups excluding tert-OH is 1. The normalized spacial score (nSPS) is 6.00. The minimum absolute atomic E-state index is 0. The van der Waals surface area contributed by atoms with Crippen LogP contribution >= 0.6 is 0 Å². The summed E-state index contributed by atoms with van der Waals surface area (Å²) in [6, 6.07) is 0. The number of hydrogen-bond donors (Lipinski definition) is 1. The van der Waals surface area contributed by atoms with Crippen LogP contribution in [0.15, 0.2) is 0 Å². The summed E-state index contributed by atoms with van der Waals surface area (Å²) in [5.41, 5.74) is 0. The molecular formula is C3H8OZr+4. The van der Waals surface area contributed by atoms with E-state index in [1.54, 1.807) is 0 Å². The van der Waals surface area contributed by atoms with Crippen molar-refractivity contribution < 1.29 is 31.3 Å². The van der Waals surface area contributed by atoms with Crippen LogP contribution in [0, 0.1) is 0 Å². The summed E-state index contributed by atoms with van der Waals surface area (Å²) >= 11 is 0. The fourth-order valence-electron chi connectivity index (χ4n) is 0. The van der Waals surface area contributed by atoms with E-state index in [1.807, 2.05) is 6.92 Å². The van der Waals surface area contributed by atoms with Crippen molar-refractivity contribution in [2.24, 2.45) is 0 Å². The van der Waals surface area contributed by atoms with E-state index in [1.165, 1.54) is 0 Å². The third-order valence-corrected chi connectivity index (χ3v) is 0.224. The van der Waals surface area contributed by atoms with E-state index in [2.05, 4.69) is 0 Å². The first kappa shape index (κ1) is 9.28. The van der Waals surface area contributed by atoms with Crippen molar-refractivity contribution in [2.75, 3.05) is 6.61 Å². The Labute approximate surface area is 51.5 Å². The van der Waals surface area contributed by atoms with E-state index in [-0.39, 0.29) is 26.2 Å². The Hall–Kier alpha value is 0.843. The maximum absolute atomic E-state index is 7.88. The summed E-state index contributed by atoms with van der Waals surface area (Å²) in [7, 11) is 0. The van der Waals surface area contributed by atoms with Gasteiger partial charge >= 0.3 is 26.2 Å². The van der Waals surface area contributed by atoms with Gasteiger partial charge in [-0.2, -0.15) is 0 Å². The molecule has 0 atom stereocenters. The van der Waals surface area contributed by atoms with Crippen LogP contribution in [0.5, 0.6) is 0 Å². The molecule has 2 heteroatoms. The molecule has 0 aromatic carbocycles.